The van der Waals surface area contributed by atoms with Crippen LogP contribution in [0.1, 0.15) is 57.4 Å². The molecule has 1 aromatic carbocycles. The van der Waals surface area contributed by atoms with Gasteiger partial charge >= 0.3 is 0 Å². The maximum Gasteiger partial charge on any atom is 0.223 e. The number of carbonyl (C=O) groups is 1. The third-order valence-corrected chi connectivity index (χ3v) is 6.88. The lowest BCUT2D eigenvalue weighted by atomic mass is 9.65. The molecule has 3 aliphatic rings. The van der Waals surface area contributed by atoms with Crippen LogP contribution in [0.5, 0.6) is 0 Å². The number of aromatic amines is 1. The topological polar surface area (TPSA) is 45.3 Å². The van der Waals surface area contributed by atoms with Crippen molar-refractivity contribution in [2.45, 2.75) is 75.7 Å². The Morgan fingerprint density at radius 2 is 2.21 bits per heavy atom. The van der Waals surface area contributed by atoms with Crippen LogP contribution in [0.15, 0.2) is 24.4 Å². The van der Waals surface area contributed by atoms with Gasteiger partial charge in [-0.15, -0.1) is 0 Å². The van der Waals surface area contributed by atoms with E-state index in [1.165, 1.54) is 0 Å². The molecule has 1 aromatic heterocycles. The maximum absolute atomic E-state index is 13.4. The predicted molar refractivity (Wildman–Crippen MR) is 113 cm³/mol. The summed E-state index contributed by atoms with van der Waals surface area (Å²) in [4.78, 5) is 18.5. The molecular weight excluding hydrogens is 398 g/mol. The van der Waals surface area contributed by atoms with Crippen LogP contribution in [0.3, 0.4) is 0 Å². The van der Waals surface area contributed by atoms with Crippen molar-refractivity contribution in [3.63, 3.8) is 0 Å². The summed E-state index contributed by atoms with van der Waals surface area (Å²) in [6.45, 7) is 4.16. The number of aromatic nitrogens is 1. The number of ether oxygens (including phenoxy) is 1. The number of rotatable bonds is 6. The molecule has 4 atom stereocenters. The fourth-order valence-corrected chi connectivity index (χ4v) is 5.72. The number of nitrogens with zero attached hydrogens (tertiary/aromatic N) is 1. The highest BCUT2D eigenvalue weighted by atomic mass is 35.5. The summed E-state index contributed by atoms with van der Waals surface area (Å²) >= 11 is 6.40. The molecular formula is C21H27ClFN2O2P. The van der Waals surface area contributed by atoms with Gasteiger partial charge in [-0.1, -0.05) is 40.8 Å². The Balaban J connectivity index is 1.49. The van der Waals surface area contributed by atoms with Crippen LogP contribution >= 0.6 is 20.8 Å². The van der Waals surface area contributed by atoms with E-state index < -0.39 is 6.10 Å². The van der Waals surface area contributed by atoms with E-state index in [1.807, 2.05) is 29.3 Å². The molecule has 1 aliphatic carbocycles. The zero-order chi connectivity index (χ0) is 20.1. The van der Waals surface area contributed by atoms with Gasteiger partial charge in [0.25, 0.3) is 0 Å². The summed E-state index contributed by atoms with van der Waals surface area (Å²) < 4.78 is 18.9. The van der Waals surface area contributed by atoms with Crippen LogP contribution in [0, 0.1) is 0 Å². The number of hydrogen-bond donors (Lipinski definition) is 1. The number of fused-ring (bicyclic) bond motifs is 3. The van der Waals surface area contributed by atoms with Gasteiger partial charge in [0.1, 0.15) is 0 Å². The molecule has 2 aromatic rings. The molecule has 2 bridgehead atoms. The minimum atomic E-state index is -1.34. The largest absolute Gasteiger partial charge is 0.361 e. The maximum atomic E-state index is 13.4. The van der Waals surface area contributed by atoms with E-state index in [1.54, 1.807) is 0 Å². The second-order valence-corrected chi connectivity index (χ2v) is 9.22. The molecule has 3 heterocycles. The van der Waals surface area contributed by atoms with E-state index in [4.69, 9.17) is 16.3 Å². The third-order valence-electron chi connectivity index (χ3n) is 6.43. The standard InChI is InChI=1S/C21H27ClFN2O2P/c1-3-13-8-21(27-20(23)28)9-14(10-21)25(13)18(26)7-12(2)15-11-24-17-6-4-5-16(22)19(15)17/h4-6,11-14,20,24H,3,7-10,28H2,1-2H3. The van der Waals surface area contributed by atoms with Gasteiger partial charge in [0.15, 0.2) is 0 Å². The van der Waals surface area contributed by atoms with Crippen molar-refractivity contribution in [1.82, 2.24) is 9.88 Å². The van der Waals surface area contributed by atoms with Gasteiger partial charge in [0, 0.05) is 35.6 Å². The van der Waals surface area contributed by atoms with Crippen LogP contribution in [0.2, 0.25) is 5.02 Å². The lowest BCUT2D eigenvalue weighted by Crippen LogP contribution is -2.68. The molecule has 4 nitrogen and oxygen atoms in total. The summed E-state index contributed by atoms with van der Waals surface area (Å²) in [7, 11) is 2.07. The van der Waals surface area contributed by atoms with Crippen molar-refractivity contribution in [2.24, 2.45) is 0 Å². The smallest absolute Gasteiger partial charge is 0.223 e. The summed E-state index contributed by atoms with van der Waals surface area (Å²) in [5, 5.41) is 1.71. The summed E-state index contributed by atoms with van der Waals surface area (Å²) in [6.07, 6.45) is 4.10. The van der Waals surface area contributed by atoms with Gasteiger partial charge in [-0.05, 0) is 49.3 Å². The van der Waals surface area contributed by atoms with E-state index in [2.05, 4.69) is 28.1 Å². The molecule has 152 valence electrons. The second kappa shape index (κ2) is 7.59. The monoisotopic (exact) mass is 424 g/mol. The molecule has 28 heavy (non-hydrogen) atoms. The quantitative estimate of drug-likeness (QED) is 0.633. The number of halogens is 2. The SMILES string of the molecule is CCC1CC2(OC(F)P)CC(C2)N1C(=O)CC(C)c1c[nH]c2cccc(Cl)c12. The van der Waals surface area contributed by atoms with E-state index in [0.717, 1.165) is 35.7 Å². The van der Waals surface area contributed by atoms with Gasteiger partial charge in [0.05, 0.1) is 10.6 Å². The molecule has 4 unspecified atom stereocenters. The van der Waals surface area contributed by atoms with Crippen molar-refractivity contribution < 1.29 is 13.9 Å². The first-order valence-electron chi connectivity index (χ1n) is 9.97. The van der Waals surface area contributed by atoms with Crippen LogP contribution in [-0.4, -0.2) is 39.6 Å². The molecule has 3 fully saturated rings. The van der Waals surface area contributed by atoms with Crippen LogP contribution in [-0.2, 0) is 9.53 Å². The number of hydrogen-bond acceptors (Lipinski definition) is 2. The Kier molecular flexibility index (Phi) is 5.45. The lowest BCUT2D eigenvalue weighted by Gasteiger charge is -2.60. The number of carbonyl (C=O) groups excluding carboxylic acids is 1. The highest BCUT2D eigenvalue weighted by Crippen LogP contribution is 2.51. The molecule has 0 spiro atoms. The predicted octanol–water partition coefficient (Wildman–Crippen LogP) is 5.37. The number of H-pyrrole nitrogens is 1. The summed E-state index contributed by atoms with van der Waals surface area (Å²) in [6, 6.07) is 6.07. The van der Waals surface area contributed by atoms with E-state index in [0.29, 0.717) is 17.9 Å². The number of nitrogens with one attached hydrogen (secondary N) is 1. The molecule has 1 N–H and O–H groups in total. The molecule has 7 heteroatoms. The molecule has 1 saturated carbocycles. The van der Waals surface area contributed by atoms with Gasteiger partial charge < -0.3 is 14.6 Å². The minimum absolute atomic E-state index is 0.0592. The first-order chi connectivity index (χ1) is 13.3. The molecule has 0 radical (unpaired) electrons. The summed E-state index contributed by atoms with van der Waals surface area (Å²) in [5.74, 6) is 0.227. The normalized spacial score (nSPS) is 28.8. The number of alkyl halides is 1. The van der Waals surface area contributed by atoms with Crippen molar-refractivity contribution in [1.29, 1.82) is 0 Å². The molecule has 2 saturated heterocycles. The zero-order valence-corrected chi connectivity index (χ0v) is 18.2. The fraction of sp³-hybridized carbons (Fsp3) is 0.571. The van der Waals surface area contributed by atoms with Crippen LogP contribution < -0.4 is 0 Å². The fourth-order valence-electron chi connectivity index (χ4n) is 5.15. The first-order valence-corrected chi connectivity index (χ1v) is 11.0. The first kappa shape index (κ1) is 20.1. The lowest BCUT2D eigenvalue weighted by molar-refractivity contribution is -0.220. The third kappa shape index (κ3) is 3.46. The Labute approximate surface area is 172 Å². The van der Waals surface area contributed by atoms with Crippen molar-refractivity contribution in [3.05, 3.63) is 35.0 Å². The zero-order valence-electron chi connectivity index (χ0n) is 16.3. The van der Waals surface area contributed by atoms with E-state index in [-0.39, 0.29) is 29.5 Å². The van der Waals surface area contributed by atoms with Crippen molar-refractivity contribution in [2.75, 3.05) is 0 Å². The average molecular weight is 425 g/mol. The van der Waals surface area contributed by atoms with Gasteiger partial charge in [-0.2, -0.15) is 0 Å². The highest BCUT2D eigenvalue weighted by molar-refractivity contribution is 7.16. The summed E-state index contributed by atoms with van der Waals surface area (Å²) in [5.41, 5.74) is 1.68. The number of benzene rings is 1. The van der Waals surface area contributed by atoms with Gasteiger partial charge in [0.2, 0.25) is 12.0 Å². The Morgan fingerprint density at radius 3 is 2.89 bits per heavy atom. The van der Waals surface area contributed by atoms with Crippen molar-refractivity contribution in [3.8, 4) is 0 Å². The molecule has 5 rings (SSSR count). The average Bonchev–Trinajstić information content (AvgIpc) is 3.05. The Morgan fingerprint density at radius 1 is 1.46 bits per heavy atom. The van der Waals surface area contributed by atoms with Crippen LogP contribution in [0.4, 0.5) is 4.39 Å². The Hall–Kier alpha value is -1.16. The van der Waals surface area contributed by atoms with Gasteiger partial charge in [-0.3, -0.25) is 4.79 Å². The number of amides is 1. The second-order valence-electron chi connectivity index (χ2n) is 8.29. The Bertz CT molecular complexity index is 880. The van der Waals surface area contributed by atoms with Crippen LogP contribution in [0.25, 0.3) is 10.9 Å². The molecule has 2 aliphatic heterocycles. The van der Waals surface area contributed by atoms with Crippen molar-refractivity contribution >= 4 is 37.7 Å². The number of piperidine rings is 2. The molecule has 1 amide bonds. The van der Waals surface area contributed by atoms with E-state index in [9.17, 15) is 9.18 Å². The highest BCUT2D eigenvalue weighted by Gasteiger charge is 2.56. The minimum Gasteiger partial charge on any atom is -0.361 e. The van der Waals surface area contributed by atoms with E-state index >= 15 is 0 Å². The van der Waals surface area contributed by atoms with Gasteiger partial charge in [-0.25, -0.2) is 4.39 Å².